The van der Waals surface area contributed by atoms with E-state index in [0.29, 0.717) is 9.54 Å². The summed E-state index contributed by atoms with van der Waals surface area (Å²) in [5, 5.41) is 5.25. The van der Waals surface area contributed by atoms with Crippen molar-refractivity contribution in [3.05, 3.63) is 122 Å². The molecule has 2 aliphatic carbocycles. The zero-order valence-electron chi connectivity index (χ0n) is 22.4. The summed E-state index contributed by atoms with van der Waals surface area (Å²) in [5.41, 5.74) is 10.4. The van der Waals surface area contributed by atoms with Crippen LogP contribution in [0.4, 0.5) is 0 Å². The molecule has 0 spiro atoms. The van der Waals surface area contributed by atoms with Gasteiger partial charge in [-0.05, 0) is 0 Å². The predicted molar refractivity (Wildman–Crippen MR) is 158 cm³/mol. The first-order valence-electron chi connectivity index (χ1n) is 13.3. The van der Waals surface area contributed by atoms with Crippen LogP contribution in [0.15, 0.2) is 105 Å². The quantitative estimate of drug-likeness (QED) is 0.172. The van der Waals surface area contributed by atoms with Crippen LogP contribution in [0.25, 0.3) is 27.1 Å². The van der Waals surface area contributed by atoms with Gasteiger partial charge in [0.1, 0.15) is 0 Å². The molecule has 4 aromatic carbocycles. The third kappa shape index (κ3) is 3.48. The fraction of sp³-hybridized carbons (Fsp3) is 0.235. The van der Waals surface area contributed by atoms with Crippen molar-refractivity contribution in [2.24, 2.45) is 5.92 Å². The Morgan fingerprint density at radius 1 is 0.694 bits per heavy atom. The summed E-state index contributed by atoms with van der Waals surface area (Å²) in [6.07, 6.45) is 2.67. The number of benzene rings is 4. The van der Waals surface area contributed by atoms with Crippen LogP contribution in [0.5, 0.6) is 0 Å². The van der Waals surface area contributed by atoms with E-state index in [1.165, 1.54) is 43.8 Å². The molecule has 36 heavy (non-hydrogen) atoms. The molecule has 0 aromatic heterocycles. The minimum absolute atomic E-state index is 0.523. The van der Waals surface area contributed by atoms with Crippen LogP contribution in [0.2, 0.25) is 9.26 Å². The minimum atomic E-state index is -3.40. The molecular weight excluding hydrogens is 528 g/mol. The molecule has 0 bridgehead atoms. The van der Waals surface area contributed by atoms with Crippen molar-refractivity contribution in [2.75, 3.05) is 0 Å². The Bertz CT molecular complexity index is 1750. The average molecular weight is 564 g/mol. The molecule has 0 amide bonds. The fourth-order valence-electron chi connectivity index (χ4n) is 7.34. The van der Waals surface area contributed by atoms with E-state index in [4.69, 9.17) is 0 Å². The third-order valence-electron chi connectivity index (χ3n) is 9.46. The Hall–Kier alpha value is -2.28. The van der Waals surface area contributed by atoms with Gasteiger partial charge in [-0.25, -0.2) is 0 Å². The topological polar surface area (TPSA) is 0 Å². The van der Waals surface area contributed by atoms with Gasteiger partial charge in [0.25, 0.3) is 0 Å². The second-order valence-corrected chi connectivity index (χ2v) is 41.8. The number of rotatable bonds is 3. The Balaban J connectivity index is 1.53. The first-order chi connectivity index (χ1) is 17.0. The zero-order chi connectivity index (χ0) is 25.4. The summed E-state index contributed by atoms with van der Waals surface area (Å²) in [4.78, 5) is 0. The predicted octanol–water partition coefficient (Wildman–Crippen LogP) is 9.07. The van der Waals surface area contributed by atoms with Crippen LogP contribution in [0.1, 0.15) is 48.0 Å². The molecule has 4 aromatic rings. The molecule has 0 heterocycles. The molecule has 0 saturated heterocycles. The van der Waals surface area contributed by atoms with Gasteiger partial charge in [0, 0.05) is 0 Å². The van der Waals surface area contributed by atoms with E-state index in [1.54, 1.807) is 16.7 Å². The summed E-state index contributed by atoms with van der Waals surface area (Å²) in [5.74, 6) is 0.571. The summed E-state index contributed by atoms with van der Waals surface area (Å²) in [6, 6.07) is 29.7. The standard InChI is InChI=1S/C23H15.C9H13.2CH3.H2Si.Zr/c1-2-7-18-14-21-15-20(10-9-19(21)13-17(18)6-1)23-12-11-16-5-3-4-8-22(16)23;1-6-5-7(2)9(4)8(6)3;;;;/h1-15H;6H,1-4H3;2*1H3;1H2;. The van der Waals surface area contributed by atoms with E-state index < -0.39 is 17.4 Å². The second kappa shape index (κ2) is 8.11. The van der Waals surface area contributed by atoms with Crippen LogP contribution in [0.3, 0.4) is 0 Å². The van der Waals surface area contributed by atoms with Gasteiger partial charge in [-0.15, -0.1) is 0 Å². The Morgan fingerprint density at radius 2 is 1.31 bits per heavy atom. The first-order valence-corrected chi connectivity index (χ1v) is 26.7. The van der Waals surface area contributed by atoms with Gasteiger partial charge >= 0.3 is 220 Å². The van der Waals surface area contributed by atoms with E-state index in [0.717, 1.165) is 0 Å². The van der Waals surface area contributed by atoms with Crippen molar-refractivity contribution in [1.29, 1.82) is 0 Å². The molecule has 2 aliphatic rings. The molecule has 2 atom stereocenters. The van der Waals surface area contributed by atoms with E-state index >= 15 is 0 Å². The molecule has 2 heteroatoms. The van der Waals surface area contributed by atoms with Crippen LogP contribution in [-0.4, -0.2) is 6.88 Å². The van der Waals surface area contributed by atoms with E-state index in [-0.39, 0.29) is 0 Å². The fourth-order valence-corrected chi connectivity index (χ4v) is 25.9. The Labute approximate surface area is 218 Å². The van der Waals surface area contributed by atoms with E-state index in [2.05, 4.69) is 129 Å². The molecule has 0 radical (unpaired) electrons. The maximum absolute atomic E-state index is 3.40. The van der Waals surface area contributed by atoms with Crippen molar-refractivity contribution < 1.29 is 17.4 Å². The molecule has 2 unspecified atom stereocenters. The normalized spacial score (nSPS) is 20.5. The molecule has 0 N–H and O–H groups in total. The van der Waals surface area contributed by atoms with Crippen LogP contribution < -0.4 is 0 Å². The van der Waals surface area contributed by atoms with Gasteiger partial charge in [0.15, 0.2) is 0 Å². The summed E-state index contributed by atoms with van der Waals surface area (Å²) < 4.78 is 7.74. The third-order valence-corrected chi connectivity index (χ3v) is 26.7. The van der Waals surface area contributed by atoms with Crippen molar-refractivity contribution >= 4 is 34.0 Å². The molecule has 0 fully saturated rings. The molecule has 0 saturated carbocycles. The Kier molecular flexibility index (Phi) is 5.42. The Morgan fingerprint density at radius 3 is 1.97 bits per heavy atom. The first kappa shape index (κ1) is 24.1. The summed E-state index contributed by atoms with van der Waals surface area (Å²) in [7, 11) is 0. The second-order valence-electron chi connectivity index (χ2n) is 12.3. The molecule has 6 rings (SSSR count). The SMILES string of the molecule is CC1=C(C)C(C)[C]([Zr]([CH3])([CH3])(=[SiH2])[CH]2C=C(c3ccc4cc5ccccc5cc4c3)c3ccccc32)=C1C. The van der Waals surface area contributed by atoms with Gasteiger partial charge < -0.3 is 0 Å². The molecule has 0 aliphatic heterocycles. The van der Waals surface area contributed by atoms with Gasteiger partial charge in [0.05, 0.1) is 0 Å². The van der Waals surface area contributed by atoms with Gasteiger partial charge in [-0.2, -0.15) is 0 Å². The average Bonchev–Trinajstić information content (AvgIpc) is 3.35. The van der Waals surface area contributed by atoms with Gasteiger partial charge in [0.2, 0.25) is 0 Å². The van der Waals surface area contributed by atoms with Crippen LogP contribution in [-0.2, 0) is 17.4 Å². The van der Waals surface area contributed by atoms with Crippen LogP contribution in [0, 0.1) is 5.92 Å². The molecule has 0 nitrogen and oxygen atoms in total. The maximum atomic E-state index is 2.70. The monoisotopic (exact) mass is 562 g/mol. The van der Waals surface area contributed by atoms with Gasteiger partial charge in [-0.3, -0.25) is 0 Å². The summed E-state index contributed by atoms with van der Waals surface area (Å²) >= 11 is -3.40. The van der Waals surface area contributed by atoms with Crippen molar-refractivity contribution in [2.45, 2.75) is 40.6 Å². The molecule has 180 valence electrons. The number of fused-ring (bicyclic) bond motifs is 3. The van der Waals surface area contributed by atoms with Crippen molar-refractivity contribution in [3.63, 3.8) is 0 Å². The number of allylic oxidation sites excluding steroid dienone is 5. The van der Waals surface area contributed by atoms with E-state index in [1.807, 2.05) is 3.28 Å². The van der Waals surface area contributed by atoms with E-state index in [9.17, 15) is 0 Å². The molecular formula is C34H36SiZr. The summed E-state index contributed by atoms with van der Waals surface area (Å²) in [6.45, 7) is 12.0. The number of hydrogen-bond acceptors (Lipinski definition) is 0. The zero-order valence-corrected chi connectivity index (χ0v) is 26.3. The number of hydrogen-bond donors (Lipinski definition) is 0. The van der Waals surface area contributed by atoms with Crippen LogP contribution >= 0.6 is 0 Å². The van der Waals surface area contributed by atoms with Crippen molar-refractivity contribution in [1.82, 2.24) is 0 Å². The van der Waals surface area contributed by atoms with Crippen molar-refractivity contribution in [3.8, 4) is 0 Å². The van der Waals surface area contributed by atoms with Gasteiger partial charge in [-0.1, -0.05) is 0 Å².